The summed E-state index contributed by atoms with van der Waals surface area (Å²) in [5, 5.41) is 17.5. The van der Waals surface area contributed by atoms with Crippen molar-refractivity contribution in [1.29, 1.82) is 0 Å². The Labute approximate surface area is 178 Å². The van der Waals surface area contributed by atoms with Gasteiger partial charge in [-0.2, -0.15) is 4.98 Å². The summed E-state index contributed by atoms with van der Waals surface area (Å²) in [6.45, 7) is 2.11. The summed E-state index contributed by atoms with van der Waals surface area (Å²) < 4.78 is 3.61. The van der Waals surface area contributed by atoms with Crippen molar-refractivity contribution in [1.82, 2.24) is 28.7 Å². The van der Waals surface area contributed by atoms with Crippen LogP contribution in [-0.4, -0.2) is 33.8 Å². The highest BCUT2D eigenvalue weighted by molar-refractivity contribution is 5.73. The predicted molar refractivity (Wildman–Crippen MR) is 114 cm³/mol. The number of aromatic hydroxyl groups is 1. The van der Waals surface area contributed by atoms with Crippen molar-refractivity contribution in [3.63, 3.8) is 0 Å². The van der Waals surface area contributed by atoms with E-state index in [0.29, 0.717) is 0 Å². The second-order valence-electron chi connectivity index (χ2n) is 7.17. The smallest absolute Gasteiger partial charge is 0.332 e. The van der Waals surface area contributed by atoms with Crippen LogP contribution < -0.4 is 22.5 Å². The number of hydrogen-bond acceptors (Lipinski definition) is 8. The van der Waals surface area contributed by atoms with Gasteiger partial charge in [-0.3, -0.25) is 33.3 Å². The molecular formula is C19H18N8O5. The number of H-pyrrole nitrogens is 2. The molecule has 0 saturated heterocycles. The van der Waals surface area contributed by atoms with Crippen LogP contribution in [0.15, 0.2) is 53.7 Å². The highest BCUT2D eigenvalue weighted by atomic mass is 16.3. The van der Waals surface area contributed by atoms with E-state index < -0.39 is 34.1 Å². The van der Waals surface area contributed by atoms with Crippen LogP contribution >= 0.6 is 0 Å². The number of aromatic nitrogens is 6. The maximum Gasteiger partial charge on any atom is 0.332 e. The summed E-state index contributed by atoms with van der Waals surface area (Å²) in [4.78, 5) is 56.6. The largest absolute Gasteiger partial charge is 0.493 e. The number of aromatic amines is 2. The van der Waals surface area contributed by atoms with E-state index >= 15 is 0 Å². The third-order valence-electron chi connectivity index (χ3n) is 4.93. The molecule has 0 fully saturated rings. The van der Waals surface area contributed by atoms with Gasteiger partial charge in [0.15, 0.2) is 11.2 Å². The van der Waals surface area contributed by atoms with Crippen LogP contribution in [0.2, 0.25) is 0 Å². The summed E-state index contributed by atoms with van der Waals surface area (Å²) in [5.74, 6) is -0.851. The molecule has 0 atom stereocenters. The first-order valence-electron chi connectivity index (χ1n) is 9.36. The van der Waals surface area contributed by atoms with E-state index in [4.69, 9.17) is 0 Å². The molecule has 0 bridgehead atoms. The minimum atomic E-state index is -0.959. The molecule has 4 aromatic rings. The Morgan fingerprint density at radius 2 is 1.69 bits per heavy atom. The molecule has 0 saturated carbocycles. The average molecular weight is 438 g/mol. The summed E-state index contributed by atoms with van der Waals surface area (Å²) in [7, 11) is 2.82. The number of rotatable bonds is 4. The maximum atomic E-state index is 12.9. The molecule has 32 heavy (non-hydrogen) atoms. The molecule has 3 heterocycles. The number of benzene rings is 1. The molecule has 13 nitrogen and oxygen atoms in total. The first-order chi connectivity index (χ1) is 15.2. The topological polar surface area (TPSA) is 172 Å². The fourth-order valence-corrected chi connectivity index (χ4v) is 3.19. The molecular weight excluding hydrogens is 420 g/mol. The van der Waals surface area contributed by atoms with Gasteiger partial charge in [0.1, 0.15) is 0 Å². The molecule has 0 radical (unpaired) electrons. The van der Waals surface area contributed by atoms with Crippen molar-refractivity contribution >= 4 is 22.8 Å². The number of aryl methyl sites for hydroxylation is 2. The maximum absolute atomic E-state index is 12.9. The Kier molecular flexibility index (Phi) is 4.92. The van der Waals surface area contributed by atoms with Crippen molar-refractivity contribution in [2.45, 2.75) is 13.5 Å². The third kappa shape index (κ3) is 3.45. The van der Waals surface area contributed by atoms with E-state index in [9.17, 15) is 24.3 Å². The standard InChI is InChI=1S/C19H18N8O5/c1-9-4-6-10(7-5-9)8-27-12-13(25(2)19(32)26(3)16(12)30)20-17(27)24-23-11-14(28)21-18(31)22-15(11)29/h4-7H,8H2,1-3H3,(H3,21,22,28,29,31). The van der Waals surface area contributed by atoms with Crippen LogP contribution in [0.5, 0.6) is 5.88 Å². The Morgan fingerprint density at radius 1 is 1.00 bits per heavy atom. The fraction of sp³-hybridized carbons (Fsp3) is 0.211. The van der Waals surface area contributed by atoms with Crippen LogP contribution in [-0.2, 0) is 20.6 Å². The number of fused-ring (bicyclic) bond motifs is 1. The normalized spacial score (nSPS) is 11.6. The van der Waals surface area contributed by atoms with Gasteiger partial charge in [0.25, 0.3) is 17.1 Å². The van der Waals surface area contributed by atoms with Gasteiger partial charge in [-0.15, -0.1) is 10.2 Å². The van der Waals surface area contributed by atoms with Crippen LogP contribution in [0.1, 0.15) is 11.1 Å². The Hall–Kier alpha value is -4.55. The van der Waals surface area contributed by atoms with Crippen molar-refractivity contribution in [2.24, 2.45) is 24.3 Å². The van der Waals surface area contributed by atoms with Crippen molar-refractivity contribution < 1.29 is 5.11 Å². The molecule has 3 N–H and O–H groups in total. The quantitative estimate of drug-likeness (QED) is 0.386. The van der Waals surface area contributed by atoms with Crippen molar-refractivity contribution in [3.05, 3.63) is 77.1 Å². The number of nitrogens with zero attached hydrogens (tertiary/aromatic N) is 6. The lowest BCUT2D eigenvalue weighted by Crippen LogP contribution is -2.37. The molecule has 0 aliphatic carbocycles. The minimum absolute atomic E-state index is 0.0797. The first-order valence-corrected chi connectivity index (χ1v) is 9.36. The summed E-state index contributed by atoms with van der Waals surface area (Å²) in [5.41, 5.74) is -1.48. The Bertz CT molecular complexity index is 1620. The molecule has 13 heteroatoms. The highest BCUT2D eigenvalue weighted by Gasteiger charge is 2.20. The number of hydrogen-bond donors (Lipinski definition) is 3. The molecule has 0 amide bonds. The highest BCUT2D eigenvalue weighted by Crippen LogP contribution is 2.24. The molecule has 0 unspecified atom stereocenters. The van der Waals surface area contributed by atoms with E-state index in [1.165, 1.54) is 23.2 Å². The van der Waals surface area contributed by atoms with Crippen LogP contribution in [0.3, 0.4) is 0 Å². The van der Waals surface area contributed by atoms with Crippen molar-refractivity contribution in [3.8, 4) is 5.88 Å². The lowest BCUT2D eigenvalue weighted by Gasteiger charge is -2.08. The van der Waals surface area contributed by atoms with E-state index in [1.807, 2.05) is 41.2 Å². The third-order valence-corrected chi connectivity index (χ3v) is 4.93. The fourth-order valence-electron chi connectivity index (χ4n) is 3.19. The average Bonchev–Trinajstić information content (AvgIpc) is 3.10. The van der Waals surface area contributed by atoms with Gasteiger partial charge in [-0.25, -0.2) is 9.59 Å². The predicted octanol–water partition coefficient (Wildman–Crippen LogP) is 0.288. The van der Waals surface area contributed by atoms with Gasteiger partial charge in [-0.1, -0.05) is 29.8 Å². The summed E-state index contributed by atoms with van der Waals surface area (Å²) in [6, 6.07) is 7.54. The SMILES string of the molecule is Cc1ccc(Cn2c(N=Nc3c(O)[nH]c(=O)[nH]c3=O)nc3c2c(=O)n(C)c(=O)n3C)cc1. The molecule has 0 aliphatic rings. The Morgan fingerprint density at radius 3 is 2.34 bits per heavy atom. The number of nitrogens with one attached hydrogen (secondary N) is 2. The molecule has 164 valence electrons. The van der Waals surface area contributed by atoms with Gasteiger partial charge in [-0.05, 0) is 12.5 Å². The van der Waals surface area contributed by atoms with Gasteiger partial charge >= 0.3 is 11.4 Å². The Balaban J connectivity index is 1.96. The zero-order chi connectivity index (χ0) is 23.2. The van der Waals surface area contributed by atoms with Crippen LogP contribution in [0, 0.1) is 6.92 Å². The van der Waals surface area contributed by atoms with Gasteiger partial charge in [0.05, 0.1) is 6.54 Å². The van der Waals surface area contributed by atoms with Gasteiger partial charge in [0, 0.05) is 14.1 Å². The molecule has 3 aromatic heterocycles. The lowest BCUT2D eigenvalue weighted by molar-refractivity contribution is 0.450. The van der Waals surface area contributed by atoms with Gasteiger partial charge in [0.2, 0.25) is 11.6 Å². The molecule has 0 aliphatic heterocycles. The van der Waals surface area contributed by atoms with Crippen LogP contribution in [0.25, 0.3) is 11.2 Å². The van der Waals surface area contributed by atoms with E-state index in [0.717, 1.165) is 15.7 Å². The summed E-state index contributed by atoms with van der Waals surface area (Å²) >= 11 is 0. The number of imidazole rings is 1. The van der Waals surface area contributed by atoms with E-state index in [1.54, 1.807) is 0 Å². The molecule has 1 aromatic carbocycles. The van der Waals surface area contributed by atoms with Gasteiger partial charge < -0.3 is 5.11 Å². The molecule has 4 rings (SSSR count). The monoisotopic (exact) mass is 438 g/mol. The lowest BCUT2D eigenvalue weighted by atomic mass is 10.1. The number of azo groups is 1. The minimum Gasteiger partial charge on any atom is -0.493 e. The second-order valence-corrected chi connectivity index (χ2v) is 7.17. The zero-order valence-corrected chi connectivity index (χ0v) is 17.3. The second kappa shape index (κ2) is 7.61. The molecule has 0 spiro atoms. The van der Waals surface area contributed by atoms with E-state index in [-0.39, 0.29) is 23.7 Å². The summed E-state index contributed by atoms with van der Waals surface area (Å²) in [6.07, 6.45) is 0. The zero-order valence-electron chi connectivity index (χ0n) is 17.3. The van der Waals surface area contributed by atoms with Crippen LogP contribution in [0.4, 0.5) is 11.6 Å². The van der Waals surface area contributed by atoms with E-state index in [2.05, 4.69) is 15.2 Å². The first kappa shape index (κ1) is 20.7. The van der Waals surface area contributed by atoms with Crippen molar-refractivity contribution in [2.75, 3.05) is 0 Å².